The Balaban J connectivity index is 1.35. The van der Waals surface area contributed by atoms with Crippen LogP contribution in [0.4, 0.5) is 0 Å². The molecule has 2 aliphatic heterocycles. The minimum absolute atomic E-state index is 0.0304. The van der Waals surface area contributed by atoms with E-state index < -0.39 is 0 Å². The lowest BCUT2D eigenvalue weighted by Crippen LogP contribution is -2.38. The summed E-state index contributed by atoms with van der Waals surface area (Å²) >= 11 is 1.52. The molecule has 3 atom stereocenters. The van der Waals surface area contributed by atoms with Gasteiger partial charge < -0.3 is 14.8 Å². The molecule has 160 valence electrons. The van der Waals surface area contributed by atoms with Crippen LogP contribution in [0.2, 0.25) is 0 Å². The van der Waals surface area contributed by atoms with Crippen molar-refractivity contribution in [1.29, 1.82) is 5.26 Å². The maximum atomic E-state index is 12.7. The number of thioether (sulfide) groups is 1. The number of benzene rings is 1. The standard InChI is InChI=1S/C23H25N5O2S/c1-16(17-5-3-2-4-6-17)11-21(29)26-23-19(12-24)18-7-9-28(13-20(18)31-23)22(30)14-27-10-8-25-15-27/h2-6,8,10,15-16,19,23H,7,9,11,13-14H2,1H3,(H,26,29). The fourth-order valence-electron chi connectivity index (χ4n) is 4.10. The van der Waals surface area contributed by atoms with Gasteiger partial charge in [0.05, 0.1) is 30.2 Å². The number of aromatic nitrogens is 2. The van der Waals surface area contributed by atoms with E-state index in [0.29, 0.717) is 25.9 Å². The van der Waals surface area contributed by atoms with E-state index in [1.165, 1.54) is 11.8 Å². The number of nitrogens with zero attached hydrogens (tertiary/aromatic N) is 4. The van der Waals surface area contributed by atoms with E-state index in [-0.39, 0.29) is 35.6 Å². The first kappa shape index (κ1) is 21.2. The van der Waals surface area contributed by atoms with Crippen LogP contribution in [0.25, 0.3) is 0 Å². The van der Waals surface area contributed by atoms with Crippen molar-refractivity contribution in [3.05, 3.63) is 65.1 Å². The highest BCUT2D eigenvalue weighted by Crippen LogP contribution is 2.44. The summed E-state index contributed by atoms with van der Waals surface area (Å²) in [4.78, 5) is 32.1. The lowest BCUT2D eigenvalue weighted by atomic mass is 9.94. The van der Waals surface area contributed by atoms with Gasteiger partial charge in [0.15, 0.2) is 0 Å². The second-order valence-corrected chi connectivity index (χ2v) is 9.21. The second-order valence-electron chi connectivity index (χ2n) is 7.98. The Kier molecular flexibility index (Phi) is 6.42. The van der Waals surface area contributed by atoms with Gasteiger partial charge in [-0.3, -0.25) is 9.59 Å². The molecule has 1 aromatic carbocycles. The van der Waals surface area contributed by atoms with E-state index >= 15 is 0 Å². The van der Waals surface area contributed by atoms with Gasteiger partial charge in [0, 0.05) is 30.3 Å². The first-order valence-electron chi connectivity index (χ1n) is 10.4. The van der Waals surface area contributed by atoms with Crippen molar-refractivity contribution in [3.8, 4) is 6.07 Å². The third-order valence-electron chi connectivity index (χ3n) is 5.82. The Hall–Kier alpha value is -3.05. The molecule has 0 radical (unpaired) electrons. The number of rotatable bonds is 6. The summed E-state index contributed by atoms with van der Waals surface area (Å²) in [5.41, 5.74) is 2.19. The molecule has 0 saturated heterocycles. The normalized spacial score (nSPS) is 21.4. The molecule has 3 heterocycles. The van der Waals surface area contributed by atoms with Crippen molar-refractivity contribution < 1.29 is 9.59 Å². The Labute approximate surface area is 186 Å². The molecule has 8 heteroatoms. The number of carbonyl (C=O) groups is 2. The smallest absolute Gasteiger partial charge is 0.242 e. The molecule has 31 heavy (non-hydrogen) atoms. The van der Waals surface area contributed by atoms with Gasteiger partial charge in [-0.1, -0.05) is 37.3 Å². The topological polar surface area (TPSA) is 91.0 Å². The van der Waals surface area contributed by atoms with Crippen LogP contribution in [0, 0.1) is 17.2 Å². The maximum absolute atomic E-state index is 12.7. The van der Waals surface area contributed by atoms with Gasteiger partial charge in [-0.25, -0.2) is 4.98 Å². The minimum atomic E-state index is -0.345. The molecule has 1 N–H and O–H groups in total. The van der Waals surface area contributed by atoms with Gasteiger partial charge in [-0.15, -0.1) is 11.8 Å². The lowest BCUT2D eigenvalue weighted by molar-refractivity contribution is -0.131. The highest BCUT2D eigenvalue weighted by atomic mass is 32.2. The third-order valence-corrected chi connectivity index (χ3v) is 7.14. The monoisotopic (exact) mass is 435 g/mol. The van der Waals surface area contributed by atoms with E-state index in [4.69, 9.17) is 0 Å². The molecule has 1 aromatic heterocycles. The highest BCUT2D eigenvalue weighted by molar-refractivity contribution is 8.04. The Morgan fingerprint density at radius 1 is 1.35 bits per heavy atom. The number of hydrogen-bond donors (Lipinski definition) is 1. The molecule has 2 amide bonds. The van der Waals surface area contributed by atoms with Gasteiger partial charge in [0.25, 0.3) is 0 Å². The van der Waals surface area contributed by atoms with Crippen LogP contribution in [0.15, 0.2) is 59.5 Å². The maximum Gasteiger partial charge on any atom is 0.242 e. The zero-order chi connectivity index (χ0) is 21.8. The van der Waals surface area contributed by atoms with Gasteiger partial charge >= 0.3 is 0 Å². The Morgan fingerprint density at radius 2 is 2.16 bits per heavy atom. The van der Waals surface area contributed by atoms with E-state index in [9.17, 15) is 14.9 Å². The van der Waals surface area contributed by atoms with Crippen molar-refractivity contribution in [1.82, 2.24) is 19.8 Å². The largest absolute Gasteiger partial charge is 0.342 e. The Bertz CT molecular complexity index is 1010. The molecule has 4 rings (SSSR count). The summed E-state index contributed by atoms with van der Waals surface area (Å²) in [7, 11) is 0. The predicted molar refractivity (Wildman–Crippen MR) is 119 cm³/mol. The zero-order valence-electron chi connectivity index (χ0n) is 17.4. The van der Waals surface area contributed by atoms with Crippen molar-refractivity contribution in [2.24, 2.45) is 5.92 Å². The van der Waals surface area contributed by atoms with Crippen LogP contribution in [0.1, 0.15) is 31.2 Å². The number of nitriles is 1. The van der Waals surface area contributed by atoms with Crippen LogP contribution in [-0.4, -0.2) is 44.7 Å². The molecular weight excluding hydrogens is 410 g/mol. The number of imidazole rings is 1. The average Bonchev–Trinajstić information content (AvgIpc) is 3.40. The van der Waals surface area contributed by atoms with Crippen molar-refractivity contribution in [2.75, 3.05) is 13.1 Å². The lowest BCUT2D eigenvalue weighted by Gasteiger charge is -2.28. The van der Waals surface area contributed by atoms with Crippen LogP contribution in [-0.2, 0) is 16.1 Å². The number of carbonyl (C=O) groups excluding carboxylic acids is 2. The summed E-state index contributed by atoms with van der Waals surface area (Å²) < 4.78 is 1.75. The summed E-state index contributed by atoms with van der Waals surface area (Å²) in [6, 6.07) is 12.3. The molecule has 3 unspecified atom stereocenters. The predicted octanol–water partition coefficient (Wildman–Crippen LogP) is 2.89. The number of amides is 2. The van der Waals surface area contributed by atoms with Crippen LogP contribution >= 0.6 is 11.8 Å². The molecule has 2 aromatic rings. The van der Waals surface area contributed by atoms with Gasteiger partial charge in [0.1, 0.15) is 6.54 Å². The fourth-order valence-corrected chi connectivity index (χ4v) is 5.57. The van der Waals surface area contributed by atoms with Crippen molar-refractivity contribution >= 4 is 23.6 Å². The van der Waals surface area contributed by atoms with Gasteiger partial charge in [-0.05, 0) is 23.5 Å². The molecule has 2 aliphatic rings. The van der Waals surface area contributed by atoms with Crippen LogP contribution < -0.4 is 5.32 Å². The van der Waals surface area contributed by atoms with Crippen molar-refractivity contribution in [3.63, 3.8) is 0 Å². The zero-order valence-corrected chi connectivity index (χ0v) is 18.2. The highest BCUT2D eigenvalue weighted by Gasteiger charge is 2.39. The molecule has 0 saturated carbocycles. The van der Waals surface area contributed by atoms with E-state index in [1.54, 1.807) is 23.3 Å². The van der Waals surface area contributed by atoms with Gasteiger partial charge in [0.2, 0.25) is 11.8 Å². The summed E-state index contributed by atoms with van der Waals surface area (Å²) in [5, 5.41) is 12.5. The van der Waals surface area contributed by atoms with Crippen LogP contribution in [0.3, 0.4) is 0 Å². The molecule has 0 aliphatic carbocycles. The Morgan fingerprint density at radius 3 is 2.87 bits per heavy atom. The first-order valence-corrected chi connectivity index (χ1v) is 11.3. The molecule has 0 bridgehead atoms. The van der Waals surface area contributed by atoms with Gasteiger partial charge in [-0.2, -0.15) is 5.26 Å². The molecule has 0 fully saturated rings. The minimum Gasteiger partial charge on any atom is -0.342 e. The van der Waals surface area contributed by atoms with E-state index in [0.717, 1.165) is 16.0 Å². The number of nitrogens with one attached hydrogen (secondary N) is 1. The SMILES string of the molecule is CC(CC(=O)NC1SC2=C(CCN(C(=O)Cn3ccnc3)C2)C1C#N)c1ccccc1. The second kappa shape index (κ2) is 9.40. The first-order chi connectivity index (χ1) is 15.0. The average molecular weight is 436 g/mol. The van der Waals surface area contributed by atoms with Crippen LogP contribution in [0.5, 0.6) is 0 Å². The quantitative estimate of drug-likeness (QED) is 0.753. The molecular formula is C23H25N5O2S. The third kappa shape index (κ3) is 4.83. The molecule has 7 nitrogen and oxygen atoms in total. The fraction of sp³-hybridized carbons (Fsp3) is 0.391. The summed E-state index contributed by atoms with van der Waals surface area (Å²) in [6.07, 6.45) is 6.10. The molecule has 0 spiro atoms. The van der Waals surface area contributed by atoms with E-state index in [2.05, 4.69) is 16.4 Å². The summed E-state index contributed by atoms with van der Waals surface area (Å²) in [5.74, 6) is -0.265. The van der Waals surface area contributed by atoms with E-state index in [1.807, 2.05) is 42.2 Å². The number of hydrogen-bond acceptors (Lipinski definition) is 5. The summed E-state index contributed by atoms with van der Waals surface area (Å²) in [6.45, 7) is 3.38. The van der Waals surface area contributed by atoms with Crippen molar-refractivity contribution in [2.45, 2.75) is 37.6 Å².